The lowest BCUT2D eigenvalue weighted by Crippen LogP contribution is -2.39. The first-order chi connectivity index (χ1) is 15.3. The van der Waals surface area contributed by atoms with Gasteiger partial charge in [-0.15, -0.1) is 5.10 Å². The first-order valence-electron chi connectivity index (χ1n) is 9.80. The number of benzene rings is 2. The maximum atomic E-state index is 11.5. The molecule has 1 aliphatic rings. The van der Waals surface area contributed by atoms with Crippen LogP contribution in [0.4, 0.5) is 0 Å². The Bertz CT molecular complexity index is 1170. The van der Waals surface area contributed by atoms with E-state index in [9.17, 15) is 13.5 Å². The van der Waals surface area contributed by atoms with Crippen molar-refractivity contribution in [2.45, 2.75) is 13.2 Å². The van der Waals surface area contributed by atoms with Gasteiger partial charge < -0.3 is 9.84 Å². The van der Waals surface area contributed by atoms with Crippen LogP contribution in [0.15, 0.2) is 42.6 Å². The second kappa shape index (κ2) is 9.58. The van der Waals surface area contributed by atoms with Crippen LogP contribution in [0, 0.1) is 0 Å². The molecule has 3 aromatic rings. The van der Waals surface area contributed by atoms with Gasteiger partial charge in [-0.05, 0) is 23.3 Å². The van der Waals surface area contributed by atoms with Crippen LogP contribution in [0.1, 0.15) is 11.1 Å². The summed E-state index contributed by atoms with van der Waals surface area (Å²) in [5.41, 5.74) is 3.07. The normalized spacial score (nSPS) is 16.1. The molecule has 0 atom stereocenters. The predicted molar refractivity (Wildman–Crippen MR) is 122 cm³/mol. The Hall–Kier alpha value is -2.46. The van der Waals surface area contributed by atoms with E-state index in [1.807, 2.05) is 24.3 Å². The molecule has 0 unspecified atom stereocenters. The van der Waals surface area contributed by atoms with Crippen molar-refractivity contribution in [3.8, 4) is 23.0 Å². The number of hydrogen-bond donors (Lipinski definition) is 1. The van der Waals surface area contributed by atoms with Gasteiger partial charge in [-0.25, -0.2) is 13.4 Å². The molecular weight excluding hydrogens is 475 g/mol. The van der Waals surface area contributed by atoms with E-state index in [1.165, 1.54) is 18.3 Å². The lowest BCUT2D eigenvalue weighted by Gasteiger charge is -2.26. The average molecular weight is 495 g/mol. The smallest absolute Gasteiger partial charge is 0.336 e. The van der Waals surface area contributed by atoms with Gasteiger partial charge in [0.15, 0.2) is 15.6 Å². The van der Waals surface area contributed by atoms with Gasteiger partial charge in [0.2, 0.25) is 0 Å². The average Bonchev–Trinajstić information content (AvgIpc) is 2.78. The fraction of sp³-hybridized carbons (Fsp3) is 0.286. The summed E-state index contributed by atoms with van der Waals surface area (Å²) in [6, 6.07) is 11.1. The number of phenolic OH excluding ortho intramolecular Hbond substituents is 1. The Balaban J connectivity index is 1.32. The Morgan fingerprint density at radius 2 is 1.62 bits per heavy atom. The number of rotatable bonds is 6. The molecular formula is C21H20Cl2N4O4S. The molecule has 2 heterocycles. The van der Waals surface area contributed by atoms with Crippen molar-refractivity contribution in [3.63, 3.8) is 0 Å². The maximum Gasteiger partial charge on any atom is 0.336 e. The minimum Gasteiger partial charge on any atom is -0.505 e. The van der Waals surface area contributed by atoms with E-state index < -0.39 is 9.84 Å². The molecule has 0 amide bonds. The van der Waals surface area contributed by atoms with Crippen molar-refractivity contribution in [3.05, 3.63) is 63.8 Å². The third-order valence-electron chi connectivity index (χ3n) is 5.09. The van der Waals surface area contributed by atoms with Crippen molar-refractivity contribution in [2.24, 2.45) is 0 Å². The first-order valence-corrected chi connectivity index (χ1v) is 12.4. The highest BCUT2D eigenvalue weighted by molar-refractivity contribution is 7.91. The van der Waals surface area contributed by atoms with Gasteiger partial charge in [0.1, 0.15) is 12.3 Å². The lowest BCUT2D eigenvalue weighted by atomic mass is 10.1. The quantitative estimate of drug-likeness (QED) is 0.555. The Labute approximate surface area is 195 Å². The van der Waals surface area contributed by atoms with E-state index in [0.29, 0.717) is 24.3 Å². The second-order valence-corrected chi connectivity index (χ2v) is 10.6. The fourth-order valence-corrected chi connectivity index (χ4v) is 5.00. The Morgan fingerprint density at radius 3 is 2.22 bits per heavy atom. The molecule has 11 heteroatoms. The molecule has 1 fully saturated rings. The summed E-state index contributed by atoms with van der Waals surface area (Å²) in [6.07, 6.45) is 1.49. The van der Waals surface area contributed by atoms with Crippen molar-refractivity contribution in [2.75, 3.05) is 24.6 Å². The minimum absolute atomic E-state index is 0.114. The van der Waals surface area contributed by atoms with Crippen LogP contribution in [0.25, 0.3) is 11.3 Å². The summed E-state index contributed by atoms with van der Waals surface area (Å²) in [7, 11) is -2.87. The molecule has 0 radical (unpaired) electrons. The summed E-state index contributed by atoms with van der Waals surface area (Å²) in [5, 5.41) is 17.9. The van der Waals surface area contributed by atoms with E-state index in [4.69, 9.17) is 27.9 Å². The van der Waals surface area contributed by atoms with Crippen molar-refractivity contribution < 1.29 is 18.3 Å². The van der Waals surface area contributed by atoms with Gasteiger partial charge in [0, 0.05) is 25.2 Å². The van der Waals surface area contributed by atoms with Crippen molar-refractivity contribution >= 4 is 33.0 Å². The SMILES string of the molecule is O=S1(=O)CCN(Cc2ccc(COc3ncc(-c4cc(Cl)c(O)c(Cl)c4)nn3)cc2)CC1. The van der Waals surface area contributed by atoms with E-state index in [2.05, 4.69) is 20.1 Å². The fourth-order valence-electron chi connectivity index (χ4n) is 3.23. The molecule has 4 rings (SSSR count). The number of ether oxygens (including phenoxy) is 1. The molecule has 0 saturated carbocycles. The van der Waals surface area contributed by atoms with Crippen LogP contribution in [0.2, 0.25) is 10.0 Å². The molecule has 0 aliphatic carbocycles. The lowest BCUT2D eigenvalue weighted by molar-refractivity contribution is 0.276. The predicted octanol–water partition coefficient (Wildman–Crippen LogP) is 3.36. The van der Waals surface area contributed by atoms with E-state index >= 15 is 0 Å². The third kappa shape index (κ3) is 5.66. The Morgan fingerprint density at radius 1 is 1.00 bits per heavy atom. The molecule has 1 N–H and O–H groups in total. The standard InChI is InChI=1S/C21H20Cl2N4O4S/c22-17-9-16(10-18(23)20(17)28)19-11-24-21(26-25-19)31-13-15-3-1-14(2-4-15)12-27-5-7-32(29,30)8-6-27/h1-4,9-11,28H,5-8,12-13H2. The Kier molecular flexibility index (Phi) is 6.80. The largest absolute Gasteiger partial charge is 0.505 e. The summed E-state index contributed by atoms with van der Waals surface area (Å²) in [5.74, 6) is 0.254. The number of halogens is 2. The number of aromatic nitrogens is 3. The molecule has 32 heavy (non-hydrogen) atoms. The maximum absolute atomic E-state index is 11.5. The second-order valence-electron chi connectivity index (χ2n) is 7.45. The number of hydrogen-bond acceptors (Lipinski definition) is 8. The monoisotopic (exact) mass is 494 g/mol. The molecule has 168 valence electrons. The van der Waals surface area contributed by atoms with Crippen molar-refractivity contribution in [1.29, 1.82) is 0 Å². The molecule has 1 saturated heterocycles. The highest BCUT2D eigenvalue weighted by Crippen LogP contribution is 2.35. The molecule has 2 aromatic carbocycles. The topological polar surface area (TPSA) is 106 Å². The van der Waals surface area contributed by atoms with Gasteiger partial charge >= 0.3 is 6.01 Å². The van der Waals surface area contributed by atoms with Gasteiger partial charge in [-0.1, -0.05) is 52.6 Å². The van der Waals surface area contributed by atoms with Crippen LogP contribution in [0.5, 0.6) is 11.8 Å². The summed E-state index contributed by atoms with van der Waals surface area (Å²) >= 11 is 11.9. The highest BCUT2D eigenvalue weighted by Gasteiger charge is 2.21. The number of phenols is 1. The minimum atomic E-state index is -2.87. The van der Waals surface area contributed by atoms with E-state index in [-0.39, 0.29) is 39.9 Å². The van der Waals surface area contributed by atoms with Crippen LogP contribution < -0.4 is 4.74 Å². The van der Waals surface area contributed by atoms with Gasteiger partial charge in [0.25, 0.3) is 0 Å². The van der Waals surface area contributed by atoms with Gasteiger partial charge in [0.05, 0.1) is 27.7 Å². The molecule has 0 bridgehead atoms. The van der Waals surface area contributed by atoms with Crippen LogP contribution in [0.3, 0.4) is 0 Å². The van der Waals surface area contributed by atoms with Crippen LogP contribution >= 0.6 is 23.2 Å². The van der Waals surface area contributed by atoms with Crippen molar-refractivity contribution in [1.82, 2.24) is 20.1 Å². The number of sulfone groups is 1. The van der Waals surface area contributed by atoms with Gasteiger partial charge in [-0.3, -0.25) is 4.90 Å². The van der Waals surface area contributed by atoms with E-state index in [1.54, 1.807) is 0 Å². The summed E-state index contributed by atoms with van der Waals surface area (Å²) in [6.45, 7) is 2.13. The molecule has 0 spiro atoms. The summed E-state index contributed by atoms with van der Waals surface area (Å²) < 4.78 is 28.7. The van der Waals surface area contributed by atoms with Crippen LogP contribution in [-0.4, -0.2) is 58.2 Å². The molecule has 1 aromatic heterocycles. The third-order valence-corrected chi connectivity index (χ3v) is 7.27. The first kappa shape index (κ1) is 22.7. The highest BCUT2D eigenvalue weighted by atomic mass is 35.5. The van der Waals surface area contributed by atoms with Crippen LogP contribution in [-0.2, 0) is 23.0 Å². The van der Waals surface area contributed by atoms with Gasteiger partial charge in [-0.2, -0.15) is 0 Å². The zero-order valence-electron chi connectivity index (χ0n) is 16.9. The molecule has 8 nitrogen and oxygen atoms in total. The van der Waals surface area contributed by atoms with E-state index in [0.717, 1.165) is 17.7 Å². The summed E-state index contributed by atoms with van der Waals surface area (Å²) in [4.78, 5) is 6.30. The number of nitrogens with zero attached hydrogens (tertiary/aromatic N) is 4. The zero-order valence-corrected chi connectivity index (χ0v) is 19.2. The number of aromatic hydroxyl groups is 1. The molecule has 1 aliphatic heterocycles. The zero-order chi connectivity index (χ0) is 22.7.